The van der Waals surface area contributed by atoms with Gasteiger partial charge in [0, 0.05) is 12.0 Å². The summed E-state index contributed by atoms with van der Waals surface area (Å²) < 4.78 is 5.19. The van der Waals surface area contributed by atoms with Crippen molar-refractivity contribution in [1.82, 2.24) is 0 Å². The minimum atomic E-state index is -0.266. The third kappa shape index (κ3) is 3.08. The lowest BCUT2D eigenvalue weighted by Gasteiger charge is -2.08. The van der Waals surface area contributed by atoms with Gasteiger partial charge in [-0.15, -0.1) is 0 Å². The van der Waals surface area contributed by atoms with Gasteiger partial charge in [0.1, 0.15) is 12.9 Å². The molecule has 4 nitrogen and oxygen atoms in total. The molecule has 0 saturated carbocycles. The summed E-state index contributed by atoms with van der Waals surface area (Å²) >= 11 is 0. The second-order valence-corrected chi connectivity index (χ2v) is 3.18. The van der Waals surface area contributed by atoms with Gasteiger partial charge in [-0.3, -0.25) is 4.79 Å². The van der Waals surface area contributed by atoms with E-state index in [2.05, 4.69) is 5.16 Å². The lowest BCUT2D eigenvalue weighted by atomic mass is 10.1. The third-order valence-corrected chi connectivity index (χ3v) is 2.02. The highest BCUT2D eigenvalue weighted by atomic mass is 16.6. The highest BCUT2D eigenvalue weighted by Crippen LogP contribution is 2.19. The summed E-state index contributed by atoms with van der Waals surface area (Å²) in [5, 5.41) is 3.81. The molecule has 0 N–H and O–H groups in total. The fourth-order valence-electron chi connectivity index (χ4n) is 1.24. The van der Waals surface area contributed by atoms with Crippen molar-refractivity contribution in [2.24, 2.45) is 5.16 Å². The van der Waals surface area contributed by atoms with Gasteiger partial charge in [-0.2, -0.15) is 0 Å². The van der Waals surface area contributed by atoms with Gasteiger partial charge < -0.3 is 9.57 Å². The van der Waals surface area contributed by atoms with Crippen molar-refractivity contribution in [3.05, 3.63) is 29.8 Å². The SMILES string of the molecule is CCC(=O)Oc1ccccc1/C(C)=N/OC. The fraction of sp³-hybridized carbons (Fsp3) is 0.333. The van der Waals surface area contributed by atoms with E-state index in [0.29, 0.717) is 17.9 Å². The Kier molecular flexibility index (Phi) is 4.51. The molecule has 0 aliphatic rings. The molecular formula is C12H15NO3. The molecule has 16 heavy (non-hydrogen) atoms. The minimum Gasteiger partial charge on any atom is -0.426 e. The maximum atomic E-state index is 11.2. The smallest absolute Gasteiger partial charge is 0.310 e. The monoisotopic (exact) mass is 221 g/mol. The Hall–Kier alpha value is -1.84. The third-order valence-electron chi connectivity index (χ3n) is 2.02. The summed E-state index contributed by atoms with van der Waals surface area (Å²) in [6.07, 6.45) is 0.342. The Bertz CT molecular complexity index is 399. The molecule has 0 heterocycles. The van der Waals surface area contributed by atoms with Crippen molar-refractivity contribution in [2.75, 3.05) is 7.11 Å². The molecule has 0 aliphatic carbocycles. The summed E-state index contributed by atoms with van der Waals surface area (Å²) in [6, 6.07) is 7.23. The van der Waals surface area contributed by atoms with Gasteiger partial charge in [0.2, 0.25) is 0 Å². The van der Waals surface area contributed by atoms with Crippen LogP contribution in [0.2, 0.25) is 0 Å². The average molecular weight is 221 g/mol. The average Bonchev–Trinajstić information content (AvgIpc) is 2.30. The van der Waals surface area contributed by atoms with Crippen LogP contribution in [0, 0.1) is 0 Å². The normalized spacial score (nSPS) is 11.1. The molecule has 0 aliphatic heterocycles. The molecular weight excluding hydrogens is 206 g/mol. The number of oxime groups is 1. The Morgan fingerprint density at radius 3 is 2.69 bits per heavy atom. The quantitative estimate of drug-likeness (QED) is 0.339. The topological polar surface area (TPSA) is 47.9 Å². The van der Waals surface area contributed by atoms with Gasteiger partial charge in [0.25, 0.3) is 0 Å². The highest BCUT2D eigenvalue weighted by Gasteiger charge is 2.09. The van der Waals surface area contributed by atoms with Crippen LogP contribution in [0.3, 0.4) is 0 Å². The van der Waals surface area contributed by atoms with Crippen LogP contribution >= 0.6 is 0 Å². The first-order chi connectivity index (χ1) is 7.69. The van der Waals surface area contributed by atoms with E-state index < -0.39 is 0 Å². The number of rotatable bonds is 4. The molecule has 1 aromatic carbocycles. The van der Waals surface area contributed by atoms with Crippen LogP contribution in [-0.2, 0) is 9.63 Å². The Balaban J connectivity index is 3.00. The number of nitrogens with zero attached hydrogens (tertiary/aromatic N) is 1. The zero-order valence-electron chi connectivity index (χ0n) is 9.69. The molecule has 86 valence electrons. The van der Waals surface area contributed by atoms with Crippen LogP contribution in [0.25, 0.3) is 0 Å². The predicted octanol–water partition coefficient (Wildman–Crippen LogP) is 2.37. The lowest BCUT2D eigenvalue weighted by molar-refractivity contribution is -0.134. The maximum Gasteiger partial charge on any atom is 0.310 e. The van der Waals surface area contributed by atoms with E-state index in [-0.39, 0.29) is 5.97 Å². The zero-order chi connectivity index (χ0) is 12.0. The molecule has 1 rings (SSSR count). The van der Waals surface area contributed by atoms with Gasteiger partial charge in [-0.25, -0.2) is 0 Å². The zero-order valence-corrected chi connectivity index (χ0v) is 9.69. The van der Waals surface area contributed by atoms with Crippen LogP contribution in [0.1, 0.15) is 25.8 Å². The first kappa shape index (κ1) is 12.2. The summed E-state index contributed by atoms with van der Waals surface area (Å²) in [4.78, 5) is 15.9. The van der Waals surface area contributed by atoms with Crippen LogP contribution in [0.15, 0.2) is 29.4 Å². The van der Waals surface area contributed by atoms with Gasteiger partial charge >= 0.3 is 5.97 Å². The Morgan fingerprint density at radius 2 is 2.06 bits per heavy atom. The summed E-state index contributed by atoms with van der Waals surface area (Å²) in [7, 11) is 1.48. The molecule has 1 aromatic rings. The van der Waals surface area contributed by atoms with Crippen LogP contribution in [0.4, 0.5) is 0 Å². The first-order valence-electron chi connectivity index (χ1n) is 5.06. The molecule has 0 radical (unpaired) electrons. The van der Waals surface area contributed by atoms with Gasteiger partial charge in [0.15, 0.2) is 0 Å². The number of esters is 1. The minimum absolute atomic E-state index is 0.266. The van der Waals surface area contributed by atoms with Crippen LogP contribution in [0.5, 0.6) is 5.75 Å². The summed E-state index contributed by atoms with van der Waals surface area (Å²) in [5.74, 6) is 0.241. The number of carbonyl (C=O) groups excluding carboxylic acids is 1. The van der Waals surface area contributed by atoms with Crippen molar-refractivity contribution in [1.29, 1.82) is 0 Å². The molecule has 0 unspecified atom stereocenters. The molecule has 0 bridgehead atoms. The standard InChI is InChI=1S/C12H15NO3/c1-4-12(14)16-11-8-6-5-7-10(11)9(2)13-15-3/h5-8H,4H2,1-3H3/b13-9+. The van der Waals surface area contributed by atoms with E-state index in [0.717, 1.165) is 5.56 Å². The van der Waals surface area contributed by atoms with Crippen molar-refractivity contribution in [3.8, 4) is 5.75 Å². The number of para-hydroxylation sites is 1. The highest BCUT2D eigenvalue weighted by molar-refractivity contribution is 6.01. The van der Waals surface area contributed by atoms with Crippen LogP contribution in [-0.4, -0.2) is 18.8 Å². The molecule has 0 aromatic heterocycles. The molecule has 4 heteroatoms. The van der Waals surface area contributed by atoms with Crippen LogP contribution < -0.4 is 4.74 Å². The van der Waals surface area contributed by atoms with Gasteiger partial charge in [0.05, 0.1) is 5.71 Å². The van der Waals surface area contributed by atoms with E-state index in [1.54, 1.807) is 19.9 Å². The van der Waals surface area contributed by atoms with E-state index in [9.17, 15) is 4.79 Å². The van der Waals surface area contributed by atoms with E-state index in [4.69, 9.17) is 9.57 Å². The number of hydrogen-bond acceptors (Lipinski definition) is 4. The number of ether oxygens (including phenoxy) is 1. The van der Waals surface area contributed by atoms with Gasteiger partial charge in [-0.1, -0.05) is 24.2 Å². The van der Waals surface area contributed by atoms with Crippen molar-refractivity contribution in [2.45, 2.75) is 20.3 Å². The second kappa shape index (κ2) is 5.90. The molecule has 0 amide bonds. The number of benzene rings is 1. The van der Waals surface area contributed by atoms with Crippen molar-refractivity contribution in [3.63, 3.8) is 0 Å². The van der Waals surface area contributed by atoms with Gasteiger partial charge in [-0.05, 0) is 19.1 Å². The maximum absolute atomic E-state index is 11.2. The summed E-state index contributed by atoms with van der Waals surface area (Å²) in [6.45, 7) is 3.54. The van der Waals surface area contributed by atoms with E-state index in [1.165, 1.54) is 7.11 Å². The largest absolute Gasteiger partial charge is 0.426 e. The summed E-state index contributed by atoms with van der Waals surface area (Å²) in [5.41, 5.74) is 1.42. The fourth-order valence-corrected chi connectivity index (χ4v) is 1.24. The first-order valence-corrected chi connectivity index (χ1v) is 5.06. The second-order valence-electron chi connectivity index (χ2n) is 3.18. The molecule has 0 saturated heterocycles. The Labute approximate surface area is 94.9 Å². The lowest BCUT2D eigenvalue weighted by Crippen LogP contribution is -2.09. The van der Waals surface area contributed by atoms with E-state index in [1.807, 2.05) is 18.2 Å². The number of carbonyl (C=O) groups is 1. The molecule has 0 spiro atoms. The van der Waals surface area contributed by atoms with Crippen molar-refractivity contribution >= 4 is 11.7 Å². The van der Waals surface area contributed by atoms with Crippen molar-refractivity contribution < 1.29 is 14.4 Å². The predicted molar refractivity (Wildman–Crippen MR) is 61.6 cm³/mol. The number of hydrogen-bond donors (Lipinski definition) is 0. The molecule has 0 atom stereocenters. The Morgan fingerprint density at radius 1 is 1.38 bits per heavy atom. The van der Waals surface area contributed by atoms with E-state index >= 15 is 0 Å². The molecule has 0 fully saturated rings.